The lowest BCUT2D eigenvalue weighted by molar-refractivity contribution is 0.0516. The molecule has 1 aromatic rings. The highest BCUT2D eigenvalue weighted by Crippen LogP contribution is 2.20. The van der Waals surface area contributed by atoms with Crippen LogP contribution in [0.15, 0.2) is 21.9 Å². The second-order valence-electron chi connectivity index (χ2n) is 3.37. The smallest absolute Gasteiger partial charge is 0.332 e. The monoisotopic (exact) mass is 196 g/mol. The lowest BCUT2D eigenvalue weighted by Gasteiger charge is -2.13. The van der Waals surface area contributed by atoms with Gasteiger partial charge in [0.2, 0.25) is 0 Å². The molecule has 1 aromatic heterocycles. The predicted octanol–water partition coefficient (Wildman–Crippen LogP) is -0.144. The minimum absolute atomic E-state index is 0.200. The van der Waals surface area contributed by atoms with E-state index in [1.54, 1.807) is 0 Å². The Hall–Kier alpha value is -1.36. The minimum atomic E-state index is -0.315. The molecule has 0 bridgehead atoms. The molecule has 1 unspecified atom stereocenters. The SMILES string of the molecule is Cn1c(=O)ccn(C2CCCO2)c1=O. The normalized spacial score (nSPS) is 21.4. The van der Waals surface area contributed by atoms with E-state index in [0.717, 1.165) is 17.4 Å². The average Bonchev–Trinajstić information content (AvgIpc) is 2.67. The first-order valence-corrected chi connectivity index (χ1v) is 4.60. The first-order valence-electron chi connectivity index (χ1n) is 4.60. The topological polar surface area (TPSA) is 53.2 Å². The zero-order chi connectivity index (χ0) is 10.1. The highest BCUT2D eigenvalue weighted by molar-refractivity contribution is 4.87. The lowest BCUT2D eigenvalue weighted by atomic mass is 10.3. The van der Waals surface area contributed by atoms with Crippen molar-refractivity contribution in [3.8, 4) is 0 Å². The summed E-state index contributed by atoms with van der Waals surface area (Å²) in [6.45, 7) is 0.681. The van der Waals surface area contributed by atoms with Crippen molar-refractivity contribution in [3.05, 3.63) is 33.1 Å². The van der Waals surface area contributed by atoms with Gasteiger partial charge in [0, 0.05) is 25.9 Å². The van der Waals surface area contributed by atoms with Crippen LogP contribution in [0.1, 0.15) is 19.1 Å². The number of aromatic nitrogens is 2. The number of rotatable bonds is 1. The van der Waals surface area contributed by atoms with Crippen LogP contribution in [0, 0.1) is 0 Å². The van der Waals surface area contributed by atoms with E-state index >= 15 is 0 Å². The largest absolute Gasteiger partial charge is 0.358 e. The number of nitrogens with zero attached hydrogens (tertiary/aromatic N) is 2. The molecular formula is C9H12N2O3. The molecule has 1 atom stereocenters. The Balaban J connectivity index is 2.49. The van der Waals surface area contributed by atoms with Crippen LogP contribution in [0.3, 0.4) is 0 Å². The van der Waals surface area contributed by atoms with Crippen molar-refractivity contribution in [2.45, 2.75) is 19.1 Å². The van der Waals surface area contributed by atoms with E-state index in [4.69, 9.17) is 4.74 Å². The summed E-state index contributed by atoms with van der Waals surface area (Å²) in [5, 5.41) is 0. The molecule has 1 aliphatic rings. The molecule has 0 radical (unpaired) electrons. The van der Waals surface area contributed by atoms with E-state index in [1.807, 2.05) is 0 Å². The van der Waals surface area contributed by atoms with E-state index < -0.39 is 0 Å². The van der Waals surface area contributed by atoms with Gasteiger partial charge in [-0.05, 0) is 12.8 Å². The number of hydrogen-bond acceptors (Lipinski definition) is 3. The van der Waals surface area contributed by atoms with Gasteiger partial charge in [0.05, 0.1) is 0 Å². The van der Waals surface area contributed by atoms with E-state index in [1.165, 1.54) is 23.9 Å². The molecule has 2 heterocycles. The van der Waals surface area contributed by atoms with Crippen molar-refractivity contribution in [1.82, 2.24) is 9.13 Å². The maximum atomic E-state index is 11.6. The third kappa shape index (κ3) is 1.39. The molecule has 14 heavy (non-hydrogen) atoms. The van der Waals surface area contributed by atoms with Gasteiger partial charge >= 0.3 is 5.69 Å². The zero-order valence-corrected chi connectivity index (χ0v) is 7.97. The first-order chi connectivity index (χ1) is 6.70. The molecule has 0 aromatic carbocycles. The second-order valence-corrected chi connectivity index (χ2v) is 3.37. The molecule has 0 N–H and O–H groups in total. The van der Waals surface area contributed by atoms with Gasteiger partial charge in [-0.25, -0.2) is 4.79 Å². The van der Waals surface area contributed by atoms with Gasteiger partial charge in [-0.1, -0.05) is 0 Å². The maximum Gasteiger partial charge on any atom is 0.332 e. The standard InChI is InChI=1S/C9H12N2O3/c1-10-7(12)4-5-11(9(10)13)8-3-2-6-14-8/h4-5,8H,2-3,6H2,1H3. The van der Waals surface area contributed by atoms with Gasteiger partial charge in [-0.2, -0.15) is 0 Å². The molecule has 1 aliphatic heterocycles. The van der Waals surface area contributed by atoms with Crippen molar-refractivity contribution in [2.75, 3.05) is 6.61 Å². The fraction of sp³-hybridized carbons (Fsp3) is 0.556. The fourth-order valence-corrected chi connectivity index (χ4v) is 1.59. The molecule has 76 valence electrons. The molecular weight excluding hydrogens is 184 g/mol. The van der Waals surface area contributed by atoms with E-state index in [0.29, 0.717) is 6.61 Å². The van der Waals surface area contributed by atoms with Crippen LogP contribution in [0.2, 0.25) is 0 Å². The van der Waals surface area contributed by atoms with Crippen LogP contribution in [-0.4, -0.2) is 15.7 Å². The molecule has 0 spiro atoms. The Bertz CT molecular complexity index is 440. The van der Waals surface area contributed by atoms with Gasteiger partial charge in [0.1, 0.15) is 6.23 Å². The summed E-state index contributed by atoms with van der Waals surface area (Å²) in [4.78, 5) is 22.7. The van der Waals surface area contributed by atoms with Crippen LogP contribution < -0.4 is 11.2 Å². The summed E-state index contributed by atoms with van der Waals surface area (Å²) in [6.07, 6.45) is 3.09. The molecule has 0 aliphatic carbocycles. The molecule has 1 saturated heterocycles. The summed E-state index contributed by atoms with van der Waals surface area (Å²) in [5.74, 6) is 0. The van der Waals surface area contributed by atoms with Crippen LogP contribution in [0.5, 0.6) is 0 Å². The first kappa shape index (κ1) is 9.21. The highest BCUT2D eigenvalue weighted by atomic mass is 16.5. The van der Waals surface area contributed by atoms with Gasteiger partial charge in [0.25, 0.3) is 5.56 Å². The number of ether oxygens (including phenoxy) is 1. The van der Waals surface area contributed by atoms with Gasteiger partial charge in [-0.15, -0.1) is 0 Å². The average molecular weight is 196 g/mol. The highest BCUT2D eigenvalue weighted by Gasteiger charge is 2.18. The Morgan fingerprint density at radius 2 is 2.29 bits per heavy atom. The lowest BCUT2D eigenvalue weighted by Crippen LogP contribution is -2.38. The molecule has 0 saturated carbocycles. The summed E-state index contributed by atoms with van der Waals surface area (Å²) in [5.41, 5.74) is -0.603. The van der Waals surface area contributed by atoms with Crippen molar-refractivity contribution in [3.63, 3.8) is 0 Å². The van der Waals surface area contributed by atoms with Crippen LogP contribution in [0.4, 0.5) is 0 Å². The minimum Gasteiger partial charge on any atom is -0.358 e. The van der Waals surface area contributed by atoms with Crippen molar-refractivity contribution >= 4 is 0 Å². The van der Waals surface area contributed by atoms with Gasteiger partial charge < -0.3 is 4.74 Å². The van der Waals surface area contributed by atoms with Crippen LogP contribution in [0.25, 0.3) is 0 Å². The molecule has 5 nitrogen and oxygen atoms in total. The van der Waals surface area contributed by atoms with E-state index in [2.05, 4.69) is 0 Å². The Kier molecular flexibility index (Phi) is 2.25. The van der Waals surface area contributed by atoms with Crippen LogP contribution in [-0.2, 0) is 11.8 Å². The molecule has 0 amide bonds. The summed E-state index contributed by atoms with van der Waals surface area (Å²) >= 11 is 0. The second kappa shape index (κ2) is 3.42. The van der Waals surface area contributed by atoms with Crippen molar-refractivity contribution < 1.29 is 4.74 Å². The maximum absolute atomic E-state index is 11.6. The van der Waals surface area contributed by atoms with Gasteiger partial charge in [-0.3, -0.25) is 13.9 Å². The summed E-state index contributed by atoms with van der Waals surface area (Å²) < 4.78 is 7.91. The Labute approximate surface area is 80.5 Å². The van der Waals surface area contributed by atoms with Crippen LogP contribution >= 0.6 is 0 Å². The summed E-state index contributed by atoms with van der Waals surface area (Å²) in [7, 11) is 1.47. The fourth-order valence-electron chi connectivity index (χ4n) is 1.59. The molecule has 1 fully saturated rings. The predicted molar refractivity (Wildman–Crippen MR) is 50.2 cm³/mol. The van der Waals surface area contributed by atoms with Crippen molar-refractivity contribution in [1.29, 1.82) is 0 Å². The Morgan fingerprint density at radius 3 is 2.93 bits per heavy atom. The quantitative estimate of drug-likeness (QED) is 0.628. The zero-order valence-electron chi connectivity index (χ0n) is 7.97. The molecule has 5 heteroatoms. The Morgan fingerprint density at radius 1 is 1.50 bits per heavy atom. The third-order valence-electron chi connectivity index (χ3n) is 2.43. The third-order valence-corrected chi connectivity index (χ3v) is 2.43. The molecule has 2 rings (SSSR count). The van der Waals surface area contributed by atoms with E-state index in [-0.39, 0.29) is 17.5 Å². The van der Waals surface area contributed by atoms with E-state index in [9.17, 15) is 9.59 Å². The van der Waals surface area contributed by atoms with Crippen molar-refractivity contribution in [2.24, 2.45) is 7.05 Å². The number of hydrogen-bond donors (Lipinski definition) is 0. The van der Waals surface area contributed by atoms with Gasteiger partial charge in [0.15, 0.2) is 0 Å². The summed E-state index contributed by atoms with van der Waals surface area (Å²) in [6, 6.07) is 1.38.